The zero-order valence-electron chi connectivity index (χ0n) is 12.7. The molecule has 1 saturated heterocycles. The summed E-state index contributed by atoms with van der Waals surface area (Å²) < 4.78 is 6.27. The van der Waals surface area contributed by atoms with Crippen molar-refractivity contribution in [2.24, 2.45) is 5.92 Å². The number of hydrogen-bond donors (Lipinski definition) is 1. The number of nitrogens with zero attached hydrogens (tertiary/aromatic N) is 1. The molecular formula is C16H22BrNO3. The van der Waals surface area contributed by atoms with Crippen LogP contribution in [-0.4, -0.2) is 34.8 Å². The normalized spacial score (nSPS) is 20.4. The van der Waals surface area contributed by atoms with Crippen LogP contribution in [0, 0.1) is 5.92 Å². The Morgan fingerprint density at radius 3 is 2.71 bits per heavy atom. The lowest BCUT2D eigenvalue weighted by Gasteiger charge is -2.25. The fraction of sp³-hybridized carbons (Fsp3) is 0.562. The van der Waals surface area contributed by atoms with Gasteiger partial charge >= 0.3 is 6.09 Å². The number of carbonyl (C=O) groups excluding carboxylic acids is 1. The summed E-state index contributed by atoms with van der Waals surface area (Å²) in [5.74, 6) is 0.0382. The Morgan fingerprint density at radius 1 is 1.43 bits per heavy atom. The van der Waals surface area contributed by atoms with Crippen LogP contribution in [0.1, 0.15) is 38.9 Å². The second-order valence-electron chi connectivity index (χ2n) is 6.44. The maximum Gasteiger partial charge on any atom is 0.410 e. The minimum Gasteiger partial charge on any atom is -0.444 e. The number of aliphatic hydroxyl groups excluding tert-OH is 1. The second-order valence-corrected chi connectivity index (χ2v) is 7.30. The molecule has 0 aromatic heterocycles. The van der Waals surface area contributed by atoms with E-state index in [9.17, 15) is 9.90 Å². The molecular weight excluding hydrogens is 334 g/mol. The molecule has 0 radical (unpaired) electrons. The Bertz CT molecular complexity index is 512. The predicted octanol–water partition coefficient (Wildman–Crippen LogP) is 3.74. The first-order valence-electron chi connectivity index (χ1n) is 7.18. The van der Waals surface area contributed by atoms with E-state index in [-0.39, 0.29) is 12.0 Å². The number of amides is 1. The average molecular weight is 356 g/mol. The third-order valence-corrected chi connectivity index (χ3v) is 4.27. The number of rotatable bonds is 2. The van der Waals surface area contributed by atoms with Crippen molar-refractivity contribution in [1.82, 2.24) is 4.90 Å². The van der Waals surface area contributed by atoms with Crippen LogP contribution in [0.15, 0.2) is 28.7 Å². The van der Waals surface area contributed by atoms with Crippen LogP contribution in [0.4, 0.5) is 4.79 Å². The van der Waals surface area contributed by atoms with Gasteiger partial charge in [0.15, 0.2) is 0 Å². The van der Waals surface area contributed by atoms with Gasteiger partial charge in [-0.2, -0.15) is 0 Å². The molecule has 4 nitrogen and oxygen atoms in total. The van der Waals surface area contributed by atoms with E-state index in [2.05, 4.69) is 15.9 Å². The zero-order valence-corrected chi connectivity index (χ0v) is 14.3. The van der Waals surface area contributed by atoms with E-state index in [1.807, 2.05) is 45.0 Å². The molecule has 1 amide bonds. The Morgan fingerprint density at radius 2 is 2.10 bits per heavy atom. The number of halogens is 1. The highest BCUT2D eigenvalue weighted by atomic mass is 79.9. The average Bonchev–Trinajstić information content (AvgIpc) is 2.86. The minimum atomic E-state index is -0.576. The standard InChI is InChI=1S/C16H22BrNO3/c1-16(2,3)21-15(20)18-9-8-11(10-18)14(19)12-6-4-5-7-13(12)17/h4-7,11,14,19H,8-10H2,1-3H3. The van der Waals surface area contributed by atoms with Gasteiger partial charge in [-0.3, -0.25) is 0 Å². The summed E-state index contributed by atoms with van der Waals surface area (Å²) in [6.07, 6.45) is -0.0980. The third-order valence-electron chi connectivity index (χ3n) is 3.55. The fourth-order valence-electron chi connectivity index (χ4n) is 2.51. The summed E-state index contributed by atoms with van der Waals surface area (Å²) in [7, 11) is 0. The molecule has 1 aliphatic heterocycles. The maximum atomic E-state index is 12.0. The predicted molar refractivity (Wildman–Crippen MR) is 85.0 cm³/mol. The molecule has 1 aromatic rings. The van der Waals surface area contributed by atoms with Crippen LogP contribution in [0.5, 0.6) is 0 Å². The van der Waals surface area contributed by atoms with Crippen molar-refractivity contribution >= 4 is 22.0 Å². The van der Waals surface area contributed by atoms with Gasteiger partial charge in [0.1, 0.15) is 5.60 Å². The van der Waals surface area contributed by atoms with Gasteiger partial charge in [0, 0.05) is 23.5 Å². The Balaban J connectivity index is 1.99. The van der Waals surface area contributed by atoms with E-state index in [0.717, 1.165) is 16.5 Å². The fourth-order valence-corrected chi connectivity index (χ4v) is 3.03. The molecule has 21 heavy (non-hydrogen) atoms. The highest BCUT2D eigenvalue weighted by Gasteiger charge is 2.34. The molecule has 116 valence electrons. The van der Waals surface area contributed by atoms with Gasteiger partial charge in [0.05, 0.1) is 6.10 Å². The van der Waals surface area contributed by atoms with Crippen LogP contribution in [0.25, 0.3) is 0 Å². The van der Waals surface area contributed by atoms with Gasteiger partial charge in [-0.15, -0.1) is 0 Å². The van der Waals surface area contributed by atoms with Crippen molar-refractivity contribution in [1.29, 1.82) is 0 Å². The van der Waals surface area contributed by atoms with E-state index in [0.29, 0.717) is 13.1 Å². The Kier molecular flexibility index (Phi) is 4.94. The van der Waals surface area contributed by atoms with Crippen molar-refractivity contribution in [2.45, 2.75) is 38.9 Å². The van der Waals surface area contributed by atoms with Gasteiger partial charge in [-0.25, -0.2) is 4.79 Å². The highest BCUT2D eigenvalue weighted by Crippen LogP contribution is 2.34. The first kappa shape index (κ1) is 16.3. The van der Waals surface area contributed by atoms with Crippen LogP contribution in [0.2, 0.25) is 0 Å². The number of carbonyl (C=O) groups is 1. The maximum absolute atomic E-state index is 12.0. The molecule has 2 unspecified atom stereocenters. The van der Waals surface area contributed by atoms with E-state index in [1.54, 1.807) is 4.90 Å². The Hall–Kier alpha value is -1.07. The summed E-state index contributed by atoms with van der Waals surface area (Å²) >= 11 is 3.46. The van der Waals surface area contributed by atoms with Crippen molar-refractivity contribution in [3.63, 3.8) is 0 Å². The number of ether oxygens (including phenoxy) is 1. The molecule has 1 heterocycles. The number of hydrogen-bond acceptors (Lipinski definition) is 3. The molecule has 2 rings (SSSR count). The quantitative estimate of drug-likeness (QED) is 0.878. The van der Waals surface area contributed by atoms with E-state index < -0.39 is 11.7 Å². The van der Waals surface area contributed by atoms with Crippen molar-refractivity contribution in [3.05, 3.63) is 34.3 Å². The number of aliphatic hydroxyl groups is 1. The molecule has 0 spiro atoms. The molecule has 5 heteroatoms. The van der Waals surface area contributed by atoms with Crippen molar-refractivity contribution in [3.8, 4) is 0 Å². The van der Waals surface area contributed by atoms with Gasteiger partial charge < -0.3 is 14.7 Å². The van der Waals surface area contributed by atoms with Crippen LogP contribution in [0.3, 0.4) is 0 Å². The highest BCUT2D eigenvalue weighted by molar-refractivity contribution is 9.10. The van der Waals surface area contributed by atoms with Crippen LogP contribution in [-0.2, 0) is 4.74 Å². The van der Waals surface area contributed by atoms with Crippen LogP contribution >= 0.6 is 15.9 Å². The van der Waals surface area contributed by atoms with E-state index >= 15 is 0 Å². The molecule has 0 aliphatic carbocycles. The summed E-state index contributed by atoms with van der Waals surface area (Å²) in [4.78, 5) is 13.7. The Labute approximate surface area is 134 Å². The first-order chi connectivity index (χ1) is 9.78. The SMILES string of the molecule is CC(C)(C)OC(=O)N1CCC(C(O)c2ccccc2Br)C1. The first-order valence-corrected chi connectivity index (χ1v) is 7.97. The lowest BCUT2D eigenvalue weighted by molar-refractivity contribution is 0.0268. The smallest absolute Gasteiger partial charge is 0.410 e. The number of likely N-dealkylation sites (tertiary alicyclic amines) is 1. The minimum absolute atomic E-state index is 0.0382. The van der Waals surface area contributed by atoms with E-state index in [4.69, 9.17) is 4.74 Å². The third kappa shape index (κ3) is 4.20. The van der Waals surface area contributed by atoms with E-state index in [1.165, 1.54) is 0 Å². The number of benzene rings is 1. The lowest BCUT2D eigenvalue weighted by atomic mass is 9.95. The molecule has 1 N–H and O–H groups in total. The summed E-state index contributed by atoms with van der Waals surface area (Å²) in [5.41, 5.74) is 0.379. The summed E-state index contributed by atoms with van der Waals surface area (Å²) in [6, 6.07) is 7.65. The van der Waals surface area contributed by atoms with Gasteiger partial charge in [-0.05, 0) is 38.8 Å². The van der Waals surface area contributed by atoms with Gasteiger partial charge in [0.2, 0.25) is 0 Å². The lowest BCUT2D eigenvalue weighted by Crippen LogP contribution is -2.35. The molecule has 1 aliphatic rings. The molecule has 1 fully saturated rings. The van der Waals surface area contributed by atoms with Crippen molar-refractivity contribution in [2.75, 3.05) is 13.1 Å². The van der Waals surface area contributed by atoms with Gasteiger partial charge in [0.25, 0.3) is 0 Å². The van der Waals surface area contributed by atoms with Crippen molar-refractivity contribution < 1.29 is 14.6 Å². The zero-order chi connectivity index (χ0) is 15.6. The molecule has 0 saturated carbocycles. The van der Waals surface area contributed by atoms with Gasteiger partial charge in [-0.1, -0.05) is 34.1 Å². The molecule has 0 bridgehead atoms. The molecule has 1 aromatic carbocycles. The summed E-state index contributed by atoms with van der Waals surface area (Å²) in [5, 5.41) is 10.5. The summed E-state index contributed by atoms with van der Waals surface area (Å²) in [6.45, 7) is 6.72. The molecule has 2 atom stereocenters. The second kappa shape index (κ2) is 6.36. The van der Waals surface area contributed by atoms with Crippen LogP contribution < -0.4 is 0 Å². The topological polar surface area (TPSA) is 49.8 Å². The monoisotopic (exact) mass is 355 g/mol. The largest absolute Gasteiger partial charge is 0.444 e.